The summed E-state index contributed by atoms with van der Waals surface area (Å²) < 4.78 is 12.2. The first-order chi connectivity index (χ1) is 21.3. The van der Waals surface area contributed by atoms with E-state index in [2.05, 4.69) is 10.9 Å². The van der Waals surface area contributed by atoms with E-state index >= 15 is 0 Å². The maximum Gasteiger partial charge on any atom is 0.266 e. The molecule has 4 aromatic carbocycles. The molecule has 0 unspecified atom stereocenters. The van der Waals surface area contributed by atoms with Gasteiger partial charge in [-0.25, -0.2) is 10.4 Å². The number of aliphatic hydroxyl groups excluding tert-OH is 1. The summed E-state index contributed by atoms with van der Waals surface area (Å²) in [6, 6.07) is 27.0. The highest BCUT2D eigenvalue weighted by molar-refractivity contribution is 6.35. The Bertz CT molecular complexity index is 1640. The van der Waals surface area contributed by atoms with Crippen molar-refractivity contribution in [1.29, 1.82) is 0 Å². The van der Waals surface area contributed by atoms with Crippen LogP contribution in [0.25, 0.3) is 0 Å². The van der Waals surface area contributed by atoms with Crippen LogP contribution in [-0.2, 0) is 22.5 Å². The number of halogens is 4. The van der Waals surface area contributed by atoms with Crippen molar-refractivity contribution in [2.45, 2.75) is 31.0 Å². The summed E-state index contributed by atoms with van der Waals surface area (Å²) in [4.78, 5) is 19.3. The monoisotopic (exact) mass is 671 g/mol. The Morgan fingerprint density at radius 1 is 0.909 bits per heavy atom. The number of nitrogens with zero attached hydrogens (tertiary/aromatic N) is 1. The lowest BCUT2D eigenvalue weighted by Gasteiger charge is -2.31. The molecule has 0 bridgehead atoms. The molecule has 1 aliphatic heterocycles. The average molecular weight is 673 g/mol. The van der Waals surface area contributed by atoms with Crippen molar-refractivity contribution in [2.75, 3.05) is 13.2 Å². The predicted molar refractivity (Wildman–Crippen MR) is 175 cm³/mol. The fourth-order valence-corrected chi connectivity index (χ4v) is 5.86. The van der Waals surface area contributed by atoms with Crippen LogP contribution < -0.4 is 15.6 Å². The number of carbonyl (C=O) groups is 1. The summed E-state index contributed by atoms with van der Waals surface area (Å²) in [6.07, 6.45) is -0.168. The van der Waals surface area contributed by atoms with Crippen molar-refractivity contribution >= 4 is 58.2 Å². The van der Waals surface area contributed by atoms with E-state index in [0.717, 1.165) is 11.1 Å². The molecule has 0 saturated heterocycles. The van der Waals surface area contributed by atoms with Gasteiger partial charge in [-0.05, 0) is 59.7 Å². The van der Waals surface area contributed by atoms with Crippen molar-refractivity contribution in [3.8, 4) is 5.75 Å². The first-order valence-corrected chi connectivity index (χ1v) is 15.4. The zero-order valence-corrected chi connectivity index (χ0v) is 26.4. The SMILES string of the molecule is O=C(NNCc1ccc(Cl)cc1Cl)[C@@]1(Cc2ccccc2)N=C(c2ccc(OCCCO)cc2)O[C@H]1c1ccc(Cl)cc1Cl. The first kappa shape index (κ1) is 32.1. The van der Waals surface area contributed by atoms with Crippen LogP contribution in [0.3, 0.4) is 0 Å². The van der Waals surface area contributed by atoms with E-state index in [-0.39, 0.29) is 25.5 Å². The number of ether oxygens (including phenoxy) is 2. The number of aliphatic hydroxyl groups is 1. The second kappa shape index (κ2) is 14.7. The molecule has 11 heteroatoms. The summed E-state index contributed by atoms with van der Waals surface area (Å²) in [6.45, 7) is 0.675. The molecule has 4 aromatic rings. The molecule has 7 nitrogen and oxygen atoms in total. The molecule has 1 amide bonds. The molecule has 2 atom stereocenters. The molecule has 1 aliphatic rings. The highest BCUT2D eigenvalue weighted by atomic mass is 35.5. The van der Waals surface area contributed by atoms with Crippen LogP contribution >= 0.6 is 46.4 Å². The zero-order chi connectivity index (χ0) is 31.1. The maximum atomic E-state index is 14.3. The molecule has 0 fully saturated rings. The minimum Gasteiger partial charge on any atom is -0.494 e. The maximum absolute atomic E-state index is 14.3. The van der Waals surface area contributed by atoms with Crippen molar-refractivity contribution in [3.63, 3.8) is 0 Å². The molecule has 0 saturated carbocycles. The topological polar surface area (TPSA) is 92.2 Å². The Morgan fingerprint density at radius 3 is 2.30 bits per heavy atom. The fraction of sp³-hybridized carbons (Fsp3) is 0.212. The van der Waals surface area contributed by atoms with Crippen LogP contribution in [0.4, 0.5) is 0 Å². The summed E-state index contributed by atoms with van der Waals surface area (Å²) in [5.41, 5.74) is 7.19. The van der Waals surface area contributed by atoms with Crippen LogP contribution in [0, 0.1) is 0 Å². The number of hydrogen-bond donors (Lipinski definition) is 3. The molecule has 0 radical (unpaired) electrons. The minimum atomic E-state index is -1.47. The Kier molecular flexibility index (Phi) is 10.7. The van der Waals surface area contributed by atoms with Crippen LogP contribution in [0.5, 0.6) is 5.75 Å². The highest BCUT2D eigenvalue weighted by Crippen LogP contribution is 2.45. The number of benzene rings is 4. The van der Waals surface area contributed by atoms with Gasteiger partial charge in [-0.2, -0.15) is 0 Å². The molecule has 5 rings (SSSR count). The quantitative estimate of drug-likeness (QED) is 0.108. The smallest absolute Gasteiger partial charge is 0.266 e. The molecule has 0 aromatic heterocycles. The third-order valence-corrected chi connectivity index (χ3v) is 8.24. The Labute approximate surface area is 275 Å². The highest BCUT2D eigenvalue weighted by Gasteiger charge is 2.54. The van der Waals surface area contributed by atoms with E-state index in [0.29, 0.717) is 50.0 Å². The van der Waals surface area contributed by atoms with Gasteiger partial charge in [0.15, 0.2) is 11.6 Å². The van der Waals surface area contributed by atoms with Crippen molar-refractivity contribution < 1.29 is 19.4 Å². The van der Waals surface area contributed by atoms with E-state index in [1.165, 1.54) is 0 Å². The Balaban J connectivity index is 1.52. The normalized spacial score (nSPS) is 17.6. The number of amides is 1. The third-order valence-electron chi connectivity index (χ3n) is 7.09. The number of hydrogen-bond acceptors (Lipinski definition) is 6. The number of nitrogens with one attached hydrogen (secondary N) is 2. The van der Waals surface area contributed by atoms with E-state index in [1.54, 1.807) is 48.5 Å². The van der Waals surface area contributed by atoms with Gasteiger partial charge in [0.05, 0.1) is 6.61 Å². The largest absolute Gasteiger partial charge is 0.494 e. The summed E-state index contributed by atoms with van der Waals surface area (Å²) in [7, 11) is 0. The zero-order valence-electron chi connectivity index (χ0n) is 23.4. The summed E-state index contributed by atoms with van der Waals surface area (Å²) >= 11 is 25.3. The predicted octanol–water partition coefficient (Wildman–Crippen LogP) is 7.38. The van der Waals surface area contributed by atoms with Crippen LogP contribution in [0.15, 0.2) is 96.0 Å². The van der Waals surface area contributed by atoms with E-state index in [4.69, 9.17) is 66.0 Å². The van der Waals surface area contributed by atoms with Gasteiger partial charge >= 0.3 is 0 Å². The van der Waals surface area contributed by atoms with Gasteiger partial charge in [0, 0.05) is 57.2 Å². The van der Waals surface area contributed by atoms with Gasteiger partial charge in [-0.15, -0.1) is 0 Å². The number of carbonyl (C=O) groups excluding carboxylic acids is 1. The summed E-state index contributed by atoms with van der Waals surface area (Å²) in [5, 5.41) is 10.8. The van der Waals surface area contributed by atoms with Crippen LogP contribution in [0.2, 0.25) is 20.1 Å². The van der Waals surface area contributed by atoms with Crippen LogP contribution in [0.1, 0.15) is 34.8 Å². The van der Waals surface area contributed by atoms with Crippen LogP contribution in [-0.4, -0.2) is 35.7 Å². The number of aliphatic imine (C=N–C) groups is 1. The number of rotatable bonds is 12. The van der Waals surface area contributed by atoms with Gasteiger partial charge in [-0.1, -0.05) is 88.9 Å². The standard InChI is InChI=1S/C33H29Cl4N3O4/c34-24-10-7-23(28(36)17-24)20-38-40-32(42)33(19-21-5-2-1-3-6-21)30(27-14-11-25(35)18-29(27)37)44-31(39-33)22-8-12-26(13-9-22)43-16-4-15-41/h1-3,5-14,17-18,30,38,41H,4,15-16,19-20H2,(H,40,42)/t30-,33-/m0/s1. The van der Waals surface area contributed by atoms with Crippen molar-refractivity contribution in [3.05, 3.63) is 133 Å². The molecular formula is C33H29Cl4N3O4. The van der Waals surface area contributed by atoms with Gasteiger partial charge in [0.1, 0.15) is 5.75 Å². The lowest BCUT2D eigenvalue weighted by molar-refractivity contribution is -0.130. The lowest BCUT2D eigenvalue weighted by Crippen LogP contribution is -2.53. The molecule has 44 heavy (non-hydrogen) atoms. The second-order valence-electron chi connectivity index (χ2n) is 10.2. The molecule has 1 heterocycles. The van der Waals surface area contributed by atoms with E-state index < -0.39 is 17.6 Å². The lowest BCUT2D eigenvalue weighted by atomic mass is 9.82. The molecule has 3 N–H and O–H groups in total. The van der Waals surface area contributed by atoms with Gasteiger partial charge in [0.2, 0.25) is 5.90 Å². The Morgan fingerprint density at radius 2 is 1.61 bits per heavy atom. The van der Waals surface area contributed by atoms with E-state index in [1.807, 2.05) is 42.5 Å². The second-order valence-corrected chi connectivity index (χ2v) is 11.8. The third kappa shape index (κ3) is 7.49. The van der Waals surface area contributed by atoms with E-state index in [9.17, 15) is 4.79 Å². The summed E-state index contributed by atoms with van der Waals surface area (Å²) in [5.74, 6) is 0.479. The van der Waals surface area contributed by atoms with Crippen molar-refractivity contribution in [2.24, 2.45) is 4.99 Å². The molecule has 0 spiro atoms. The van der Waals surface area contributed by atoms with Gasteiger partial charge in [0.25, 0.3) is 5.91 Å². The fourth-order valence-electron chi connectivity index (χ4n) is 4.87. The average Bonchev–Trinajstić information content (AvgIpc) is 3.39. The van der Waals surface area contributed by atoms with Gasteiger partial charge in [-0.3, -0.25) is 10.2 Å². The molecule has 228 valence electrons. The van der Waals surface area contributed by atoms with Crippen molar-refractivity contribution in [1.82, 2.24) is 10.9 Å². The minimum absolute atomic E-state index is 0.0462. The molecule has 0 aliphatic carbocycles. The molecular weight excluding hydrogens is 644 g/mol. The Hall–Kier alpha value is -3.30. The first-order valence-electron chi connectivity index (χ1n) is 13.9. The van der Waals surface area contributed by atoms with Gasteiger partial charge < -0.3 is 14.6 Å². The number of hydrazine groups is 1.